The molecule has 30 heavy (non-hydrogen) atoms. The van der Waals surface area contributed by atoms with Crippen LogP contribution >= 0.6 is 35.5 Å². The molecule has 11 heteroatoms. The van der Waals surface area contributed by atoms with E-state index in [0.717, 1.165) is 10.5 Å². The first-order valence-electron chi connectivity index (χ1n) is 8.85. The molecule has 2 aliphatic heterocycles. The lowest BCUT2D eigenvalue weighted by atomic mass is 10.1. The molecule has 1 N–H and O–H groups in total. The highest BCUT2D eigenvalue weighted by molar-refractivity contribution is 8.02. The van der Waals surface area contributed by atoms with E-state index < -0.39 is 11.3 Å². The predicted molar refractivity (Wildman–Crippen MR) is 116 cm³/mol. The molecule has 1 aromatic heterocycles. The molecule has 0 spiro atoms. The van der Waals surface area contributed by atoms with Gasteiger partial charge in [-0.15, -0.1) is 11.8 Å². The Hall–Kier alpha value is -2.50. The summed E-state index contributed by atoms with van der Waals surface area (Å²) in [6.07, 6.45) is 1.28. The molecular weight excluding hydrogens is 444 g/mol. The zero-order valence-electron chi connectivity index (χ0n) is 15.7. The second-order valence-corrected chi connectivity index (χ2v) is 9.42. The van der Waals surface area contributed by atoms with Crippen LogP contribution < -0.4 is 4.85 Å². The van der Waals surface area contributed by atoms with Gasteiger partial charge >= 0.3 is 5.97 Å². The van der Waals surface area contributed by atoms with Crippen LogP contribution in [-0.4, -0.2) is 49.6 Å². The van der Waals surface area contributed by atoms with Gasteiger partial charge < -0.3 is 10.3 Å². The van der Waals surface area contributed by atoms with Gasteiger partial charge in [-0.05, 0) is 30.7 Å². The van der Waals surface area contributed by atoms with Crippen LogP contribution in [0, 0.1) is 12.1 Å². The Morgan fingerprint density at radius 1 is 1.40 bits per heavy atom. The normalized spacial score (nSPS) is 19.6. The molecule has 1 amide bonds. The number of carbonyl (C=O) groups is 2. The summed E-state index contributed by atoms with van der Waals surface area (Å²) in [5, 5.41) is 24.9. The quantitative estimate of drug-likeness (QED) is 0.230. The SMILES string of the molecule is Cc1ccc(S/N=C2\C(=O)N3C(C(=O)O)=C(CSc4ccc[n+]([O-])n4)CSC23)cc1. The average molecular weight is 461 g/mol. The number of thioether (sulfide) groups is 2. The molecule has 0 bridgehead atoms. The molecule has 1 aromatic carbocycles. The zero-order valence-corrected chi connectivity index (χ0v) is 18.2. The number of fused-ring (bicyclic) bond motifs is 1. The minimum absolute atomic E-state index is 0.00136. The van der Waals surface area contributed by atoms with Gasteiger partial charge in [0.25, 0.3) is 5.91 Å². The third kappa shape index (κ3) is 4.18. The van der Waals surface area contributed by atoms with Crippen molar-refractivity contribution in [2.24, 2.45) is 4.40 Å². The molecular formula is C19H16N4O4S3. The Morgan fingerprint density at radius 2 is 2.17 bits per heavy atom. The van der Waals surface area contributed by atoms with Crippen LogP contribution in [0.4, 0.5) is 0 Å². The van der Waals surface area contributed by atoms with Crippen molar-refractivity contribution in [3.8, 4) is 0 Å². The topological polar surface area (TPSA) is 110 Å². The maximum atomic E-state index is 12.7. The monoisotopic (exact) mass is 460 g/mol. The number of hydrogen-bond donors (Lipinski definition) is 1. The number of β-lactam (4-membered cyclic amide) rings is 1. The van der Waals surface area contributed by atoms with Gasteiger partial charge in [0.15, 0.2) is 5.03 Å². The van der Waals surface area contributed by atoms with E-state index in [0.29, 0.717) is 32.7 Å². The van der Waals surface area contributed by atoms with E-state index in [4.69, 9.17) is 0 Å². The summed E-state index contributed by atoms with van der Waals surface area (Å²) in [6.45, 7) is 1.99. The van der Waals surface area contributed by atoms with Gasteiger partial charge in [0.1, 0.15) is 16.8 Å². The number of rotatable bonds is 6. The summed E-state index contributed by atoms with van der Waals surface area (Å²) < 4.78 is 4.37. The van der Waals surface area contributed by atoms with Gasteiger partial charge in [0.05, 0.1) is 0 Å². The number of carbonyl (C=O) groups excluding carboxylic acids is 1. The summed E-state index contributed by atoms with van der Waals surface area (Å²) in [4.78, 5) is 27.2. The van der Waals surface area contributed by atoms with Crippen molar-refractivity contribution in [3.05, 3.63) is 64.6 Å². The second kappa shape index (κ2) is 8.70. The maximum Gasteiger partial charge on any atom is 0.352 e. The highest BCUT2D eigenvalue weighted by Gasteiger charge is 2.51. The minimum atomic E-state index is -1.14. The standard InChI is InChI=1S/C19H16N4O4S3/c1-11-4-6-13(7-5-11)30-21-15-17(24)23-16(19(25)26)12(10-29-18(15)23)9-28-14-3-2-8-22(27)20-14/h2-8,18H,9-10H2,1H3,(H,25,26)/b21-15+. The summed E-state index contributed by atoms with van der Waals surface area (Å²) in [7, 11) is 0. The molecule has 154 valence electrons. The van der Waals surface area contributed by atoms with Gasteiger partial charge in [0, 0.05) is 39.5 Å². The van der Waals surface area contributed by atoms with Crippen LogP contribution in [0.2, 0.25) is 0 Å². The average Bonchev–Trinajstić information content (AvgIpc) is 2.73. The number of aromatic nitrogens is 2. The van der Waals surface area contributed by atoms with Crippen LogP contribution in [0.5, 0.6) is 0 Å². The molecule has 2 aromatic rings. The highest BCUT2D eigenvalue weighted by atomic mass is 32.2. The van der Waals surface area contributed by atoms with E-state index in [-0.39, 0.29) is 11.6 Å². The van der Waals surface area contributed by atoms with Crippen molar-refractivity contribution in [3.63, 3.8) is 0 Å². The number of carboxylic acids is 1. The smallest absolute Gasteiger partial charge is 0.352 e. The van der Waals surface area contributed by atoms with Gasteiger partial charge in [0.2, 0.25) is 6.20 Å². The Labute approximate surface area is 185 Å². The van der Waals surface area contributed by atoms with Crippen molar-refractivity contribution in [1.29, 1.82) is 0 Å². The summed E-state index contributed by atoms with van der Waals surface area (Å²) >= 11 is 3.94. The number of benzene rings is 1. The van der Waals surface area contributed by atoms with Crippen LogP contribution in [0.1, 0.15) is 5.56 Å². The van der Waals surface area contributed by atoms with E-state index in [2.05, 4.69) is 9.50 Å². The fourth-order valence-corrected chi connectivity index (χ4v) is 5.90. The van der Waals surface area contributed by atoms with Gasteiger partial charge in [-0.1, -0.05) is 34.3 Å². The molecule has 1 fully saturated rings. The summed E-state index contributed by atoms with van der Waals surface area (Å²) in [5.41, 5.74) is 2.13. The Balaban J connectivity index is 1.50. The fraction of sp³-hybridized carbons (Fsp3) is 0.211. The molecule has 4 rings (SSSR count). The molecule has 2 aliphatic rings. The number of hydrogen-bond acceptors (Lipinski definition) is 8. The zero-order chi connectivity index (χ0) is 21.3. The first-order chi connectivity index (χ1) is 14.4. The second-order valence-electron chi connectivity index (χ2n) is 6.51. The molecule has 1 atom stereocenters. The van der Waals surface area contributed by atoms with Crippen molar-refractivity contribution < 1.29 is 19.5 Å². The van der Waals surface area contributed by atoms with Crippen molar-refractivity contribution >= 4 is 53.1 Å². The van der Waals surface area contributed by atoms with Crippen LogP contribution in [0.15, 0.2) is 68.2 Å². The van der Waals surface area contributed by atoms with Crippen molar-refractivity contribution in [1.82, 2.24) is 10.00 Å². The molecule has 0 aliphatic carbocycles. The number of aryl methyl sites for hydroxylation is 1. The van der Waals surface area contributed by atoms with E-state index >= 15 is 0 Å². The predicted octanol–water partition coefficient (Wildman–Crippen LogP) is 2.52. The first kappa shape index (κ1) is 20.8. The maximum absolute atomic E-state index is 12.7. The van der Waals surface area contributed by atoms with Crippen LogP contribution in [0.3, 0.4) is 0 Å². The molecule has 1 saturated heterocycles. The molecule has 0 radical (unpaired) electrons. The van der Waals surface area contributed by atoms with Crippen LogP contribution in [-0.2, 0) is 9.59 Å². The lowest BCUT2D eigenvalue weighted by molar-refractivity contribution is -0.672. The van der Waals surface area contributed by atoms with E-state index in [1.807, 2.05) is 31.2 Å². The van der Waals surface area contributed by atoms with E-state index in [1.54, 1.807) is 12.1 Å². The number of amides is 1. The van der Waals surface area contributed by atoms with Gasteiger partial charge in [-0.25, -0.2) is 9.19 Å². The summed E-state index contributed by atoms with van der Waals surface area (Å²) in [5.74, 6) is -0.745. The fourth-order valence-electron chi connectivity index (χ4n) is 2.93. The summed E-state index contributed by atoms with van der Waals surface area (Å²) in [6, 6.07) is 11.1. The van der Waals surface area contributed by atoms with Crippen molar-refractivity contribution in [2.45, 2.75) is 22.2 Å². The minimum Gasteiger partial charge on any atom is -0.594 e. The van der Waals surface area contributed by atoms with Crippen molar-refractivity contribution in [2.75, 3.05) is 11.5 Å². The Kier molecular flexibility index (Phi) is 6.02. The lowest BCUT2D eigenvalue weighted by Gasteiger charge is -2.44. The molecule has 3 heterocycles. The molecule has 1 unspecified atom stereocenters. The number of aliphatic carboxylic acids is 1. The molecule has 8 nitrogen and oxygen atoms in total. The Morgan fingerprint density at radius 3 is 2.87 bits per heavy atom. The van der Waals surface area contributed by atoms with E-state index in [1.165, 1.54) is 46.6 Å². The first-order valence-corrected chi connectivity index (χ1v) is 11.7. The van der Waals surface area contributed by atoms with E-state index in [9.17, 15) is 19.9 Å². The Bertz CT molecular complexity index is 1070. The van der Waals surface area contributed by atoms with Gasteiger partial charge in [-0.3, -0.25) is 9.69 Å². The number of carboxylic acid groups (broad SMARTS) is 1. The third-order valence-corrected chi connectivity index (χ3v) is 7.46. The molecule has 0 saturated carbocycles. The van der Waals surface area contributed by atoms with Gasteiger partial charge in [-0.2, -0.15) is 0 Å². The highest BCUT2D eigenvalue weighted by Crippen LogP contribution is 2.41. The number of nitrogens with zero attached hydrogens (tertiary/aromatic N) is 4. The lowest BCUT2D eigenvalue weighted by Crippen LogP contribution is -2.62. The largest absolute Gasteiger partial charge is 0.594 e. The van der Waals surface area contributed by atoms with Crippen LogP contribution in [0.25, 0.3) is 0 Å². The third-order valence-electron chi connectivity index (χ3n) is 4.41.